The number of nitriles is 1. The van der Waals surface area contributed by atoms with Crippen LogP contribution >= 0.6 is 11.6 Å². The summed E-state index contributed by atoms with van der Waals surface area (Å²) in [5.74, 6) is 1.43. The van der Waals surface area contributed by atoms with Crippen LogP contribution in [-0.4, -0.2) is 43.8 Å². The van der Waals surface area contributed by atoms with Gasteiger partial charge in [-0.3, -0.25) is 9.78 Å². The third-order valence-electron chi connectivity index (χ3n) is 6.44. The zero-order valence-electron chi connectivity index (χ0n) is 19.9. The lowest BCUT2D eigenvalue weighted by molar-refractivity contribution is -0.127. The molecule has 10 heteroatoms. The van der Waals surface area contributed by atoms with Crippen LogP contribution in [0, 0.1) is 11.3 Å². The number of halogens is 1. The summed E-state index contributed by atoms with van der Waals surface area (Å²) < 4.78 is 5.82. The molecule has 0 spiro atoms. The molecule has 4 aromatic rings. The fourth-order valence-corrected chi connectivity index (χ4v) is 4.79. The number of aromatic nitrogens is 4. The Kier molecular flexibility index (Phi) is 7.01. The average Bonchev–Trinajstić information content (AvgIpc) is 3.38. The molecule has 1 aromatic carbocycles. The smallest absolute Gasteiger partial charge is 0.245 e. The molecule has 0 radical (unpaired) electrons. The summed E-state index contributed by atoms with van der Waals surface area (Å²) in [6.07, 6.45) is 8.15. The lowest BCUT2D eigenvalue weighted by Gasteiger charge is -2.31. The SMILES string of the molecule is C=CC(=O)N1CCC(c2c[nH]c3ncnc(Nc4ccc(OCc5cc(C#N)ccn5)c(Cl)c4)c23)CC1. The van der Waals surface area contributed by atoms with Crippen LogP contribution in [-0.2, 0) is 11.4 Å². The van der Waals surface area contributed by atoms with Crippen molar-refractivity contribution in [2.45, 2.75) is 25.4 Å². The van der Waals surface area contributed by atoms with Crippen LogP contribution in [0.15, 0.2) is 61.7 Å². The summed E-state index contributed by atoms with van der Waals surface area (Å²) in [6, 6.07) is 10.8. The van der Waals surface area contributed by atoms with E-state index < -0.39 is 0 Å². The van der Waals surface area contributed by atoms with E-state index in [-0.39, 0.29) is 18.4 Å². The van der Waals surface area contributed by atoms with Crippen molar-refractivity contribution in [2.75, 3.05) is 18.4 Å². The Morgan fingerprint density at radius 3 is 2.86 bits per heavy atom. The molecule has 186 valence electrons. The second kappa shape index (κ2) is 10.7. The molecule has 4 heterocycles. The third-order valence-corrected chi connectivity index (χ3v) is 6.73. The van der Waals surface area contributed by atoms with Crippen LogP contribution < -0.4 is 10.1 Å². The van der Waals surface area contributed by atoms with Crippen LogP contribution in [0.1, 0.15) is 35.6 Å². The minimum atomic E-state index is -0.0284. The molecule has 1 saturated heterocycles. The number of benzene rings is 1. The number of H-pyrrole nitrogens is 1. The Morgan fingerprint density at radius 1 is 1.27 bits per heavy atom. The first-order valence-electron chi connectivity index (χ1n) is 11.8. The van der Waals surface area contributed by atoms with Crippen molar-refractivity contribution in [3.63, 3.8) is 0 Å². The van der Waals surface area contributed by atoms with Gasteiger partial charge >= 0.3 is 0 Å². The van der Waals surface area contributed by atoms with Gasteiger partial charge in [-0.2, -0.15) is 5.26 Å². The Morgan fingerprint density at radius 2 is 2.11 bits per heavy atom. The first-order chi connectivity index (χ1) is 18.1. The molecule has 0 atom stereocenters. The van der Waals surface area contributed by atoms with Crippen molar-refractivity contribution < 1.29 is 9.53 Å². The summed E-state index contributed by atoms with van der Waals surface area (Å²) in [6.45, 7) is 5.15. The Hall–Kier alpha value is -4.42. The summed E-state index contributed by atoms with van der Waals surface area (Å²) in [7, 11) is 0. The van der Waals surface area contributed by atoms with Crippen molar-refractivity contribution >= 4 is 40.0 Å². The van der Waals surface area contributed by atoms with E-state index in [2.05, 4.69) is 37.9 Å². The van der Waals surface area contributed by atoms with E-state index in [1.165, 1.54) is 12.4 Å². The maximum absolute atomic E-state index is 12.0. The number of carbonyl (C=O) groups is 1. The number of nitrogens with one attached hydrogen (secondary N) is 2. The normalized spacial score (nSPS) is 13.8. The van der Waals surface area contributed by atoms with Gasteiger partial charge in [-0.25, -0.2) is 9.97 Å². The topological polar surface area (TPSA) is 120 Å². The van der Waals surface area contributed by atoms with Gasteiger partial charge in [0.25, 0.3) is 0 Å². The quantitative estimate of drug-likeness (QED) is 0.330. The van der Waals surface area contributed by atoms with Crippen molar-refractivity contribution in [1.29, 1.82) is 5.26 Å². The van der Waals surface area contributed by atoms with Crippen LogP contribution in [0.4, 0.5) is 11.5 Å². The van der Waals surface area contributed by atoms with Crippen LogP contribution in [0.25, 0.3) is 11.0 Å². The fourth-order valence-electron chi connectivity index (χ4n) is 4.55. The zero-order valence-corrected chi connectivity index (χ0v) is 20.7. The van der Waals surface area contributed by atoms with E-state index >= 15 is 0 Å². The number of pyridine rings is 1. The van der Waals surface area contributed by atoms with Gasteiger partial charge in [-0.05, 0) is 60.7 Å². The van der Waals surface area contributed by atoms with Gasteiger partial charge in [0.1, 0.15) is 30.1 Å². The number of hydrogen-bond acceptors (Lipinski definition) is 7. The van der Waals surface area contributed by atoms with E-state index in [0.29, 0.717) is 40.9 Å². The number of anilines is 2. The number of hydrogen-bond donors (Lipinski definition) is 2. The first kappa shape index (κ1) is 24.3. The highest BCUT2D eigenvalue weighted by molar-refractivity contribution is 6.32. The van der Waals surface area contributed by atoms with Crippen LogP contribution in [0.3, 0.4) is 0 Å². The van der Waals surface area contributed by atoms with E-state index in [4.69, 9.17) is 21.6 Å². The zero-order chi connectivity index (χ0) is 25.8. The maximum atomic E-state index is 12.0. The number of amides is 1. The van der Waals surface area contributed by atoms with Gasteiger partial charge in [0, 0.05) is 31.2 Å². The Balaban J connectivity index is 1.32. The number of nitrogens with zero attached hydrogens (tertiary/aromatic N) is 5. The second-order valence-corrected chi connectivity index (χ2v) is 9.11. The molecular weight excluding hydrogens is 490 g/mol. The molecule has 37 heavy (non-hydrogen) atoms. The largest absolute Gasteiger partial charge is 0.486 e. The maximum Gasteiger partial charge on any atom is 0.245 e. The molecule has 9 nitrogen and oxygen atoms in total. The van der Waals surface area contributed by atoms with E-state index in [1.54, 1.807) is 30.5 Å². The van der Waals surface area contributed by atoms with Crippen molar-refractivity contribution in [3.8, 4) is 11.8 Å². The predicted molar refractivity (Wildman–Crippen MR) is 141 cm³/mol. The standard InChI is InChI=1S/C27H24ClN7O2/c1-2-24(36)35-9-6-18(7-10-35)21-14-31-26-25(21)27(33-16-32-26)34-19-3-4-23(22(28)12-19)37-15-20-11-17(13-29)5-8-30-20/h2-5,8,11-12,14,16,18H,1,6-7,9-10,15H2,(H2,31,32,33,34). The summed E-state index contributed by atoms with van der Waals surface area (Å²) >= 11 is 6.51. The van der Waals surface area contributed by atoms with E-state index in [9.17, 15) is 4.79 Å². The van der Waals surface area contributed by atoms with Gasteiger partial charge in [0.05, 0.1) is 27.7 Å². The number of rotatable bonds is 7. The fraction of sp³-hybridized carbons (Fsp3) is 0.222. The second-order valence-electron chi connectivity index (χ2n) is 8.70. The predicted octanol–water partition coefficient (Wildman–Crippen LogP) is 5.09. The van der Waals surface area contributed by atoms with Crippen molar-refractivity contribution in [1.82, 2.24) is 24.8 Å². The first-order valence-corrected chi connectivity index (χ1v) is 12.2. The molecular formula is C27H24ClN7O2. The lowest BCUT2D eigenvalue weighted by Crippen LogP contribution is -2.36. The van der Waals surface area contributed by atoms with E-state index in [1.807, 2.05) is 17.2 Å². The Labute approximate surface area is 218 Å². The number of piperidine rings is 1. The van der Waals surface area contributed by atoms with Gasteiger partial charge in [-0.1, -0.05) is 18.2 Å². The summed E-state index contributed by atoms with van der Waals surface area (Å²) in [5.41, 5.74) is 3.79. The molecule has 0 unspecified atom stereocenters. The highest BCUT2D eigenvalue weighted by atomic mass is 35.5. The molecule has 1 amide bonds. The monoisotopic (exact) mass is 513 g/mol. The minimum absolute atomic E-state index is 0.0284. The molecule has 1 fully saturated rings. The van der Waals surface area contributed by atoms with Crippen LogP contribution in [0.5, 0.6) is 5.75 Å². The molecule has 0 saturated carbocycles. The van der Waals surface area contributed by atoms with Crippen LogP contribution in [0.2, 0.25) is 5.02 Å². The molecule has 1 aliphatic rings. The summed E-state index contributed by atoms with van der Waals surface area (Å²) in [5, 5.41) is 13.8. The van der Waals surface area contributed by atoms with Gasteiger partial charge in [-0.15, -0.1) is 0 Å². The van der Waals surface area contributed by atoms with Crippen molar-refractivity contribution in [3.05, 3.63) is 83.6 Å². The van der Waals surface area contributed by atoms with Crippen molar-refractivity contribution in [2.24, 2.45) is 0 Å². The van der Waals surface area contributed by atoms with Gasteiger partial charge in [0.15, 0.2) is 0 Å². The lowest BCUT2D eigenvalue weighted by atomic mass is 9.89. The molecule has 1 aliphatic heterocycles. The number of carbonyl (C=O) groups excluding carboxylic acids is 1. The molecule has 3 aromatic heterocycles. The number of likely N-dealkylation sites (tertiary alicyclic amines) is 1. The summed E-state index contributed by atoms with van der Waals surface area (Å²) in [4.78, 5) is 30.2. The molecule has 0 bridgehead atoms. The third kappa shape index (κ3) is 5.25. The number of aromatic amines is 1. The average molecular weight is 514 g/mol. The van der Waals surface area contributed by atoms with Gasteiger partial charge in [0.2, 0.25) is 5.91 Å². The molecule has 0 aliphatic carbocycles. The highest BCUT2D eigenvalue weighted by Crippen LogP contribution is 2.37. The minimum Gasteiger partial charge on any atom is -0.486 e. The Bertz CT molecular complexity index is 1500. The molecule has 2 N–H and O–H groups in total. The van der Waals surface area contributed by atoms with Gasteiger partial charge < -0.3 is 19.9 Å². The van der Waals surface area contributed by atoms with E-state index in [0.717, 1.165) is 35.1 Å². The molecule has 5 rings (SSSR count). The highest BCUT2D eigenvalue weighted by Gasteiger charge is 2.26. The number of fused-ring (bicyclic) bond motifs is 1. The number of ether oxygens (including phenoxy) is 1.